The lowest BCUT2D eigenvalue weighted by Crippen LogP contribution is -2.26. The van der Waals surface area contributed by atoms with E-state index < -0.39 is 6.10 Å². The molecule has 1 heterocycles. The van der Waals surface area contributed by atoms with Gasteiger partial charge < -0.3 is 22.3 Å². The fourth-order valence-electron chi connectivity index (χ4n) is 0.918. The zero-order valence-electron chi connectivity index (χ0n) is 8.00. The molecule has 15 heavy (non-hydrogen) atoms. The van der Waals surface area contributed by atoms with Crippen LogP contribution in [0.3, 0.4) is 0 Å². The van der Waals surface area contributed by atoms with Gasteiger partial charge in [-0.1, -0.05) is 0 Å². The van der Waals surface area contributed by atoms with Crippen LogP contribution in [0.2, 0.25) is 0 Å². The van der Waals surface area contributed by atoms with Crippen LogP contribution >= 0.6 is 11.3 Å². The zero-order valence-corrected chi connectivity index (χ0v) is 8.81. The van der Waals surface area contributed by atoms with E-state index in [-0.39, 0.29) is 18.5 Å². The number of aliphatic hydroxyl groups excluding tert-OH is 1. The Bertz CT molecular complexity index is 355. The summed E-state index contributed by atoms with van der Waals surface area (Å²) >= 11 is 1.51. The molecule has 0 radical (unpaired) electrons. The van der Waals surface area contributed by atoms with Crippen LogP contribution in [0.15, 0.2) is 26.8 Å². The van der Waals surface area contributed by atoms with Gasteiger partial charge in [-0.05, 0) is 22.4 Å². The van der Waals surface area contributed by atoms with Crippen LogP contribution in [0.4, 0.5) is 0 Å². The first-order chi connectivity index (χ1) is 7.09. The summed E-state index contributed by atoms with van der Waals surface area (Å²) < 4.78 is 0. The van der Waals surface area contributed by atoms with E-state index in [2.05, 4.69) is 9.98 Å². The highest BCUT2D eigenvalue weighted by Gasteiger charge is 2.06. The molecule has 0 fully saturated rings. The summed E-state index contributed by atoms with van der Waals surface area (Å²) in [6, 6.07) is 1.82. The molecule has 0 spiro atoms. The summed E-state index contributed by atoms with van der Waals surface area (Å²) in [7, 11) is 0. The van der Waals surface area contributed by atoms with Gasteiger partial charge in [0.05, 0.1) is 12.6 Å². The summed E-state index contributed by atoms with van der Waals surface area (Å²) in [6.07, 6.45) is -0.677. The minimum Gasteiger partial charge on any atom is -0.386 e. The Morgan fingerprint density at radius 1 is 1.47 bits per heavy atom. The van der Waals surface area contributed by atoms with E-state index in [0.717, 1.165) is 5.56 Å². The molecule has 7 N–H and O–H groups in total. The molecule has 1 unspecified atom stereocenters. The second kappa shape index (κ2) is 5.32. The van der Waals surface area contributed by atoms with Crippen molar-refractivity contribution in [1.29, 1.82) is 0 Å². The Morgan fingerprint density at radius 2 is 2.20 bits per heavy atom. The number of aliphatic hydroxyl groups is 1. The molecule has 1 aromatic rings. The first-order valence-corrected chi connectivity index (χ1v) is 5.13. The summed E-state index contributed by atoms with van der Waals surface area (Å²) in [4.78, 5) is 7.34. The first-order valence-electron chi connectivity index (χ1n) is 4.19. The van der Waals surface area contributed by atoms with Crippen molar-refractivity contribution < 1.29 is 5.11 Å². The molecule has 1 rings (SSSR count). The van der Waals surface area contributed by atoms with Crippen LogP contribution < -0.4 is 17.2 Å². The van der Waals surface area contributed by atoms with E-state index in [4.69, 9.17) is 17.2 Å². The molecule has 6 nitrogen and oxygen atoms in total. The second-order valence-corrected chi connectivity index (χ2v) is 3.59. The topological polar surface area (TPSA) is 123 Å². The molecule has 0 aliphatic rings. The summed E-state index contributed by atoms with van der Waals surface area (Å²) in [5.74, 6) is -0.189. The SMILES string of the molecule is NC(N)=NC(N)=NCC(O)c1ccsc1. The Kier molecular flexibility index (Phi) is 4.07. The van der Waals surface area contributed by atoms with E-state index >= 15 is 0 Å². The molecule has 0 bridgehead atoms. The second-order valence-electron chi connectivity index (χ2n) is 2.81. The zero-order chi connectivity index (χ0) is 11.3. The van der Waals surface area contributed by atoms with Gasteiger partial charge in [-0.3, -0.25) is 0 Å². The third-order valence-corrected chi connectivity index (χ3v) is 2.30. The molecule has 0 aliphatic heterocycles. The largest absolute Gasteiger partial charge is 0.386 e. The third-order valence-electron chi connectivity index (χ3n) is 1.60. The van der Waals surface area contributed by atoms with Gasteiger partial charge in [0.25, 0.3) is 0 Å². The maximum absolute atomic E-state index is 9.63. The lowest BCUT2D eigenvalue weighted by molar-refractivity contribution is 0.188. The molecule has 1 atom stereocenters. The van der Waals surface area contributed by atoms with Crippen LogP contribution in [0.25, 0.3) is 0 Å². The van der Waals surface area contributed by atoms with Gasteiger partial charge in [0.1, 0.15) is 0 Å². The monoisotopic (exact) mass is 227 g/mol. The highest BCUT2D eigenvalue weighted by atomic mass is 32.1. The minimum atomic E-state index is -0.677. The number of guanidine groups is 2. The van der Waals surface area contributed by atoms with E-state index in [1.807, 2.05) is 16.8 Å². The van der Waals surface area contributed by atoms with E-state index in [1.54, 1.807) is 0 Å². The Morgan fingerprint density at radius 3 is 2.73 bits per heavy atom. The van der Waals surface area contributed by atoms with Crippen molar-refractivity contribution in [2.45, 2.75) is 6.10 Å². The van der Waals surface area contributed by atoms with Gasteiger partial charge in [-0.25, -0.2) is 4.99 Å². The highest BCUT2D eigenvalue weighted by Crippen LogP contribution is 2.15. The van der Waals surface area contributed by atoms with Crippen molar-refractivity contribution in [2.75, 3.05) is 6.54 Å². The molecule has 82 valence electrons. The molecule has 0 saturated carbocycles. The van der Waals surface area contributed by atoms with Gasteiger partial charge in [0.2, 0.25) is 5.96 Å². The number of aliphatic imine (C=N–C) groups is 2. The van der Waals surface area contributed by atoms with Gasteiger partial charge in [0, 0.05) is 0 Å². The van der Waals surface area contributed by atoms with Crippen LogP contribution in [0.5, 0.6) is 0 Å². The van der Waals surface area contributed by atoms with Gasteiger partial charge in [0.15, 0.2) is 5.96 Å². The van der Waals surface area contributed by atoms with Crippen molar-refractivity contribution in [3.8, 4) is 0 Å². The summed E-state index contributed by atoms with van der Waals surface area (Å²) in [5, 5.41) is 13.3. The predicted octanol–water partition coefficient (Wildman–Crippen LogP) is -0.630. The lowest BCUT2D eigenvalue weighted by Gasteiger charge is -2.04. The first kappa shape index (κ1) is 11.5. The molecule has 7 heteroatoms. The molecule has 0 amide bonds. The number of thiophene rings is 1. The van der Waals surface area contributed by atoms with Crippen molar-refractivity contribution in [1.82, 2.24) is 0 Å². The van der Waals surface area contributed by atoms with E-state index in [9.17, 15) is 5.11 Å². The van der Waals surface area contributed by atoms with Crippen molar-refractivity contribution in [2.24, 2.45) is 27.2 Å². The number of hydrogen-bond donors (Lipinski definition) is 4. The van der Waals surface area contributed by atoms with Crippen LogP contribution in [-0.4, -0.2) is 23.6 Å². The van der Waals surface area contributed by atoms with Gasteiger partial charge >= 0.3 is 0 Å². The van der Waals surface area contributed by atoms with Gasteiger partial charge in [-0.2, -0.15) is 16.3 Å². The van der Waals surface area contributed by atoms with Crippen molar-refractivity contribution >= 4 is 23.3 Å². The maximum atomic E-state index is 9.63. The number of hydrogen-bond acceptors (Lipinski definition) is 3. The molecule has 0 aliphatic carbocycles. The van der Waals surface area contributed by atoms with Crippen LogP contribution in [0, 0.1) is 0 Å². The van der Waals surface area contributed by atoms with Gasteiger partial charge in [-0.15, -0.1) is 0 Å². The van der Waals surface area contributed by atoms with Crippen molar-refractivity contribution in [3.63, 3.8) is 0 Å². The maximum Gasteiger partial charge on any atom is 0.218 e. The Hall–Kier alpha value is -1.60. The summed E-state index contributed by atoms with van der Waals surface area (Å²) in [6.45, 7) is 0.138. The van der Waals surface area contributed by atoms with E-state index in [1.165, 1.54) is 11.3 Å². The number of nitrogens with two attached hydrogens (primary N) is 3. The van der Waals surface area contributed by atoms with Crippen LogP contribution in [0.1, 0.15) is 11.7 Å². The molecule has 0 aromatic carbocycles. The quantitative estimate of drug-likeness (QED) is 0.405. The third kappa shape index (κ3) is 3.96. The minimum absolute atomic E-state index is 0.0377. The average molecular weight is 227 g/mol. The summed E-state index contributed by atoms with van der Waals surface area (Å²) in [5.41, 5.74) is 16.4. The molecular formula is C8H13N5OS. The fourth-order valence-corrected chi connectivity index (χ4v) is 1.62. The molecular weight excluding hydrogens is 214 g/mol. The highest BCUT2D eigenvalue weighted by molar-refractivity contribution is 7.07. The van der Waals surface area contributed by atoms with Crippen LogP contribution in [-0.2, 0) is 0 Å². The smallest absolute Gasteiger partial charge is 0.218 e. The lowest BCUT2D eigenvalue weighted by atomic mass is 10.2. The Labute approximate surface area is 91.1 Å². The standard InChI is InChI=1S/C8H13N5OS/c9-7(10)13-8(11)12-3-6(14)5-1-2-15-4-5/h1-2,4,6,14H,3H2,(H6,9,10,11,12,13). The Balaban J connectivity index is 2.53. The molecule has 1 aromatic heterocycles. The number of rotatable bonds is 3. The molecule has 0 saturated heterocycles. The fraction of sp³-hybridized carbons (Fsp3) is 0.250. The van der Waals surface area contributed by atoms with E-state index in [0.29, 0.717) is 0 Å². The predicted molar refractivity (Wildman–Crippen MR) is 61.6 cm³/mol. The van der Waals surface area contributed by atoms with Crippen molar-refractivity contribution in [3.05, 3.63) is 22.4 Å². The number of nitrogens with zero attached hydrogens (tertiary/aromatic N) is 2. The average Bonchev–Trinajstić information content (AvgIpc) is 2.65. The normalized spacial score (nSPS) is 13.5.